The van der Waals surface area contributed by atoms with Gasteiger partial charge in [0.25, 0.3) is 0 Å². The Morgan fingerprint density at radius 1 is 1.23 bits per heavy atom. The van der Waals surface area contributed by atoms with Crippen molar-refractivity contribution in [1.82, 2.24) is 19.7 Å². The van der Waals surface area contributed by atoms with Crippen LogP contribution in [0.1, 0.15) is 34.8 Å². The quantitative estimate of drug-likeness (QED) is 0.655. The van der Waals surface area contributed by atoms with Crippen LogP contribution in [0.2, 0.25) is 0 Å². The van der Waals surface area contributed by atoms with Gasteiger partial charge in [0.15, 0.2) is 0 Å². The van der Waals surface area contributed by atoms with Gasteiger partial charge in [-0.2, -0.15) is 5.10 Å². The normalized spacial score (nSPS) is 19.5. The van der Waals surface area contributed by atoms with E-state index in [1.165, 1.54) is 11.3 Å². The molecule has 1 amide bonds. The molecule has 1 N–H and O–H groups in total. The molecule has 1 aliphatic heterocycles. The molecule has 8 heteroatoms. The van der Waals surface area contributed by atoms with Crippen molar-refractivity contribution in [1.29, 1.82) is 0 Å². The van der Waals surface area contributed by atoms with Crippen molar-refractivity contribution >= 4 is 17.2 Å². The molecule has 0 unspecified atom stereocenters. The van der Waals surface area contributed by atoms with Crippen LogP contribution in [0.4, 0.5) is 0 Å². The first-order valence-electron chi connectivity index (χ1n) is 10.2. The highest BCUT2D eigenvalue weighted by molar-refractivity contribution is 7.11. The zero-order chi connectivity index (χ0) is 21.0. The number of aliphatic hydroxyl groups is 1. The fourth-order valence-corrected chi connectivity index (χ4v) is 4.76. The number of nitrogens with zero attached hydrogens (tertiary/aromatic N) is 4. The number of likely N-dealkylation sites (tertiary alicyclic amines) is 1. The Hall–Kier alpha value is -2.71. The van der Waals surface area contributed by atoms with Gasteiger partial charge in [-0.1, -0.05) is 18.2 Å². The molecule has 1 aliphatic rings. The van der Waals surface area contributed by atoms with E-state index in [1.807, 2.05) is 42.2 Å². The molecular weight excluding hydrogens is 400 g/mol. The zero-order valence-electron chi connectivity index (χ0n) is 17.0. The number of rotatable bonds is 6. The number of carbonyl (C=O) groups excluding carboxylic acids is 1. The van der Waals surface area contributed by atoms with Gasteiger partial charge < -0.3 is 14.7 Å². The third-order valence-corrected chi connectivity index (χ3v) is 6.75. The summed E-state index contributed by atoms with van der Waals surface area (Å²) in [6.07, 6.45) is 5.24. The lowest BCUT2D eigenvalue weighted by Gasteiger charge is -2.24. The second-order valence-electron chi connectivity index (χ2n) is 7.60. The number of benzene rings is 1. The molecule has 0 radical (unpaired) electrons. The van der Waals surface area contributed by atoms with Crippen LogP contribution in [0.3, 0.4) is 0 Å². The molecule has 1 atom stereocenters. The van der Waals surface area contributed by atoms with E-state index in [9.17, 15) is 9.90 Å². The van der Waals surface area contributed by atoms with Gasteiger partial charge in [0.1, 0.15) is 29.5 Å². The molecule has 4 rings (SSSR count). The fraction of sp³-hybridized carbons (Fsp3) is 0.409. The lowest BCUT2D eigenvalue weighted by Crippen LogP contribution is -2.36. The first-order valence-corrected chi connectivity index (χ1v) is 11.0. The maximum absolute atomic E-state index is 12.6. The van der Waals surface area contributed by atoms with Crippen molar-refractivity contribution in [3.63, 3.8) is 0 Å². The Labute approximate surface area is 179 Å². The third-order valence-electron chi connectivity index (χ3n) is 5.43. The van der Waals surface area contributed by atoms with Crippen LogP contribution in [0.5, 0.6) is 5.75 Å². The summed E-state index contributed by atoms with van der Waals surface area (Å²) in [5.74, 6) is 0.835. The number of carbonyl (C=O) groups is 1. The van der Waals surface area contributed by atoms with Crippen LogP contribution >= 0.6 is 11.3 Å². The molecule has 1 fully saturated rings. The van der Waals surface area contributed by atoms with Crippen LogP contribution in [0, 0.1) is 6.92 Å². The van der Waals surface area contributed by atoms with Crippen LogP contribution < -0.4 is 4.74 Å². The zero-order valence-corrected chi connectivity index (χ0v) is 17.8. The first kappa shape index (κ1) is 20.6. The summed E-state index contributed by atoms with van der Waals surface area (Å²) in [5, 5.41) is 16.2. The second-order valence-corrected chi connectivity index (χ2v) is 8.68. The number of ether oxygens (including phenoxy) is 1. The monoisotopic (exact) mass is 426 g/mol. The summed E-state index contributed by atoms with van der Waals surface area (Å²) in [6.45, 7) is 3.74. The Morgan fingerprint density at radius 2 is 2.07 bits per heavy atom. The minimum absolute atomic E-state index is 0.0234. The number of aromatic nitrogens is 3. The predicted molar refractivity (Wildman–Crippen MR) is 114 cm³/mol. The van der Waals surface area contributed by atoms with E-state index in [1.54, 1.807) is 23.1 Å². The minimum Gasteiger partial charge on any atom is -0.488 e. The Bertz CT molecular complexity index is 974. The molecule has 7 nitrogen and oxygen atoms in total. The number of hydrogen-bond acceptors (Lipinski definition) is 6. The van der Waals surface area contributed by atoms with Crippen molar-refractivity contribution < 1.29 is 14.6 Å². The lowest BCUT2D eigenvalue weighted by atomic mass is 9.96. The van der Waals surface area contributed by atoms with Gasteiger partial charge in [0, 0.05) is 31.9 Å². The van der Waals surface area contributed by atoms with Gasteiger partial charge in [-0.05, 0) is 38.0 Å². The number of para-hydroxylation sites is 1. The van der Waals surface area contributed by atoms with Gasteiger partial charge in [0.05, 0.1) is 10.6 Å². The smallest absolute Gasteiger partial charge is 0.244 e. The number of hydrogen-bond donors (Lipinski definition) is 1. The molecule has 2 aromatic heterocycles. The molecule has 1 saturated heterocycles. The average molecular weight is 427 g/mol. The van der Waals surface area contributed by atoms with Crippen molar-refractivity contribution in [3.8, 4) is 5.75 Å². The van der Waals surface area contributed by atoms with E-state index in [0.717, 1.165) is 22.7 Å². The summed E-state index contributed by atoms with van der Waals surface area (Å²) < 4.78 is 7.48. The van der Waals surface area contributed by atoms with Gasteiger partial charge >= 0.3 is 0 Å². The molecule has 0 spiro atoms. The van der Waals surface area contributed by atoms with Crippen molar-refractivity contribution in [2.24, 2.45) is 0 Å². The van der Waals surface area contributed by atoms with E-state index in [2.05, 4.69) is 10.1 Å². The topological polar surface area (TPSA) is 80.5 Å². The predicted octanol–water partition coefficient (Wildman–Crippen LogP) is 3.13. The largest absolute Gasteiger partial charge is 0.488 e. The summed E-state index contributed by atoms with van der Waals surface area (Å²) in [4.78, 5) is 20.1. The highest BCUT2D eigenvalue weighted by Crippen LogP contribution is 2.36. The molecule has 0 saturated carbocycles. The average Bonchev–Trinajstić information content (AvgIpc) is 3.34. The first-order chi connectivity index (χ1) is 14.5. The molecule has 0 bridgehead atoms. The molecule has 0 aliphatic carbocycles. The van der Waals surface area contributed by atoms with E-state index in [-0.39, 0.29) is 12.5 Å². The number of amides is 1. The SMILES string of the molecule is Cc1nc([C@@]2(O)CCCN(C(=O)Cn3cccn3)CC2)sc1COc1ccccc1. The lowest BCUT2D eigenvalue weighted by molar-refractivity contribution is -0.132. The molecule has 1 aromatic carbocycles. The van der Waals surface area contributed by atoms with E-state index < -0.39 is 5.60 Å². The van der Waals surface area contributed by atoms with Gasteiger partial charge in [-0.25, -0.2) is 4.98 Å². The molecule has 158 valence electrons. The van der Waals surface area contributed by atoms with Gasteiger partial charge in [-0.3, -0.25) is 9.48 Å². The molecule has 3 aromatic rings. The summed E-state index contributed by atoms with van der Waals surface area (Å²) >= 11 is 1.50. The van der Waals surface area contributed by atoms with E-state index >= 15 is 0 Å². The molecular formula is C22H26N4O3S. The van der Waals surface area contributed by atoms with Crippen molar-refractivity contribution in [2.75, 3.05) is 13.1 Å². The fourth-order valence-electron chi connectivity index (χ4n) is 3.64. The second kappa shape index (κ2) is 8.97. The minimum atomic E-state index is -1.01. The Kier molecular flexibility index (Phi) is 6.15. The molecule has 3 heterocycles. The number of thiazole rings is 1. The van der Waals surface area contributed by atoms with Gasteiger partial charge in [0.2, 0.25) is 5.91 Å². The van der Waals surface area contributed by atoms with E-state index in [0.29, 0.717) is 37.5 Å². The van der Waals surface area contributed by atoms with E-state index in [4.69, 9.17) is 4.74 Å². The maximum Gasteiger partial charge on any atom is 0.244 e. The number of aryl methyl sites for hydroxylation is 1. The standard InChI is InChI=1S/C22H26N4O3S/c1-17-19(16-29-18-7-3-2-4-8-18)30-21(24-17)22(28)9-5-12-25(14-10-22)20(27)15-26-13-6-11-23-26/h2-4,6-8,11,13,28H,5,9-10,12,14-16H2,1H3/t22-/m1/s1. The van der Waals surface area contributed by atoms with Gasteiger partial charge in [-0.15, -0.1) is 11.3 Å². The van der Waals surface area contributed by atoms with Crippen molar-refractivity contribution in [2.45, 2.75) is 44.9 Å². The van der Waals surface area contributed by atoms with Crippen LogP contribution in [-0.2, 0) is 23.5 Å². The summed E-state index contributed by atoms with van der Waals surface area (Å²) in [6, 6.07) is 11.5. The highest BCUT2D eigenvalue weighted by atomic mass is 32.1. The van der Waals surface area contributed by atoms with Crippen LogP contribution in [0.15, 0.2) is 48.8 Å². The van der Waals surface area contributed by atoms with Crippen molar-refractivity contribution in [3.05, 3.63) is 64.4 Å². The summed E-state index contributed by atoms with van der Waals surface area (Å²) in [5.41, 5.74) is -0.128. The Balaban J connectivity index is 1.40. The maximum atomic E-state index is 12.6. The molecule has 30 heavy (non-hydrogen) atoms. The Morgan fingerprint density at radius 3 is 2.83 bits per heavy atom. The van der Waals surface area contributed by atoms with Crippen LogP contribution in [-0.4, -0.2) is 43.8 Å². The summed E-state index contributed by atoms with van der Waals surface area (Å²) in [7, 11) is 0. The third kappa shape index (κ3) is 4.71. The van der Waals surface area contributed by atoms with Crippen LogP contribution in [0.25, 0.3) is 0 Å². The highest BCUT2D eigenvalue weighted by Gasteiger charge is 2.36.